The molecule has 12 heteroatoms. The summed E-state index contributed by atoms with van der Waals surface area (Å²) in [5, 5.41) is 9.12. The standard InChI is InChI=1S/C23H22N6O5S/c1-13-18-20(32)28(15-8-11-26(2)19(15)31)23(33)27(22(18)35-21(13)29-24-9-10-25-29)12-16(30)14-6-4-5-7-17(14)34-3/h4-7,9-10,15H,8,11-12H2,1-3H3/t15-/m0/s1. The maximum absolute atomic E-state index is 13.7. The van der Waals surface area contributed by atoms with Crippen molar-refractivity contribution in [2.45, 2.75) is 25.9 Å². The van der Waals surface area contributed by atoms with E-state index in [9.17, 15) is 19.2 Å². The number of likely N-dealkylation sites (tertiary alicyclic amines) is 1. The van der Waals surface area contributed by atoms with Crippen LogP contribution in [0.4, 0.5) is 0 Å². The lowest BCUT2D eigenvalue weighted by Gasteiger charge is -2.16. The number of para-hydroxylation sites is 1. The Kier molecular flexibility index (Phi) is 5.59. The molecule has 3 aromatic heterocycles. The summed E-state index contributed by atoms with van der Waals surface area (Å²) in [7, 11) is 3.10. The number of nitrogens with zero attached hydrogens (tertiary/aromatic N) is 6. The van der Waals surface area contributed by atoms with Gasteiger partial charge in [-0.2, -0.15) is 10.2 Å². The van der Waals surface area contributed by atoms with E-state index in [1.54, 1.807) is 38.2 Å². The van der Waals surface area contributed by atoms with E-state index in [4.69, 9.17) is 4.74 Å². The van der Waals surface area contributed by atoms with Crippen LogP contribution in [0.2, 0.25) is 0 Å². The SMILES string of the molecule is COc1ccccc1C(=O)Cn1c(=O)n([C@H]2CCN(C)C2=O)c(=O)c2c(C)c(-n3nccn3)sc21. The number of ketones is 1. The lowest BCUT2D eigenvalue weighted by atomic mass is 10.1. The summed E-state index contributed by atoms with van der Waals surface area (Å²) in [6, 6.07) is 5.81. The van der Waals surface area contributed by atoms with Crippen molar-refractivity contribution in [1.82, 2.24) is 29.0 Å². The Morgan fingerprint density at radius 2 is 1.89 bits per heavy atom. The molecule has 0 bridgehead atoms. The van der Waals surface area contributed by atoms with Crippen molar-refractivity contribution in [3.63, 3.8) is 0 Å². The summed E-state index contributed by atoms with van der Waals surface area (Å²) >= 11 is 1.15. The minimum absolute atomic E-state index is 0.261. The van der Waals surface area contributed by atoms with Crippen molar-refractivity contribution < 1.29 is 14.3 Å². The van der Waals surface area contributed by atoms with E-state index in [1.165, 1.54) is 33.8 Å². The molecule has 4 aromatic rings. The number of fused-ring (bicyclic) bond motifs is 1. The number of aryl methyl sites for hydroxylation is 1. The van der Waals surface area contributed by atoms with E-state index in [0.717, 1.165) is 15.9 Å². The number of amides is 1. The molecule has 5 rings (SSSR count). The van der Waals surface area contributed by atoms with E-state index in [-0.39, 0.29) is 23.6 Å². The summed E-state index contributed by atoms with van der Waals surface area (Å²) in [5.74, 6) is -0.296. The normalized spacial score (nSPS) is 15.8. The molecule has 0 spiro atoms. The van der Waals surface area contributed by atoms with Crippen LogP contribution < -0.4 is 16.0 Å². The molecule has 4 heterocycles. The number of thiophene rings is 1. The fraction of sp³-hybridized carbons (Fsp3) is 0.304. The first kappa shape index (κ1) is 22.7. The number of aromatic nitrogens is 5. The van der Waals surface area contributed by atoms with Crippen LogP contribution in [0.5, 0.6) is 5.75 Å². The van der Waals surface area contributed by atoms with Crippen LogP contribution >= 0.6 is 11.3 Å². The zero-order valence-electron chi connectivity index (χ0n) is 19.3. The van der Waals surface area contributed by atoms with Gasteiger partial charge in [0, 0.05) is 19.2 Å². The Morgan fingerprint density at radius 1 is 1.17 bits per heavy atom. The first-order chi connectivity index (χ1) is 16.8. The number of hydrogen-bond donors (Lipinski definition) is 0. The Labute approximate surface area is 202 Å². The van der Waals surface area contributed by atoms with Crippen LogP contribution in [0, 0.1) is 6.92 Å². The number of hydrogen-bond acceptors (Lipinski definition) is 8. The van der Waals surface area contributed by atoms with Gasteiger partial charge in [-0.25, -0.2) is 9.36 Å². The average molecular weight is 495 g/mol. The second-order valence-electron chi connectivity index (χ2n) is 8.26. The zero-order valence-corrected chi connectivity index (χ0v) is 20.1. The van der Waals surface area contributed by atoms with Gasteiger partial charge in [-0.3, -0.25) is 19.0 Å². The highest BCUT2D eigenvalue weighted by Crippen LogP contribution is 2.31. The number of rotatable bonds is 6. The molecule has 1 aromatic carbocycles. The maximum Gasteiger partial charge on any atom is 0.333 e. The van der Waals surface area contributed by atoms with Crippen molar-refractivity contribution in [1.29, 1.82) is 0 Å². The van der Waals surface area contributed by atoms with Gasteiger partial charge < -0.3 is 9.64 Å². The quantitative estimate of drug-likeness (QED) is 0.372. The summed E-state index contributed by atoms with van der Waals surface area (Å²) in [6.07, 6.45) is 3.34. The monoisotopic (exact) mass is 494 g/mol. The summed E-state index contributed by atoms with van der Waals surface area (Å²) in [4.78, 5) is 56.6. The predicted octanol–water partition coefficient (Wildman–Crippen LogP) is 1.41. The molecule has 1 aliphatic heterocycles. The molecule has 180 valence electrons. The van der Waals surface area contributed by atoms with E-state index in [2.05, 4.69) is 10.2 Å². The van der Waals surface area contributed by atoms with E-state index in [1.807, 2.05) is 0 Å². The highest BCUT2D eigenvalue weighted by Gasteiger charge is 2.35. The third-order valence-corrected chi connectivity index (χ3v) is 7.52. The van der Waals surface area contributed by atoms with Crippen LogP contribution in [0.3, 0.4) is 0 Å². The Bertz CT molecular complexity index is 1580. The van der Waals surface area contributed by atoms with Crippen LogP contribution in [-0.2, 0) is 11.3 Å². The first-order valence-electron chi connectivity index (χ1n) is 10.9. The molecule has 1 saturated heterocycles. The van der Waals surface area contributed by atoms with Gasteiger partial charge in [0.05, 0.1) is 37.0 Å². The molecule has 0 saturated carbocycles. The van der Waals surface area contributed by atoms with Gasteiger partial charge in [0.2, 0.25) is 5.91 Å². The van der Waals surface area contributed by atoms with E-state index < -0.39 is 17.3 Å². The second kappa shape index (κ2) is 8.62. The minimum atomic E-state index is -0.928. The fourth-order valence-corrected chi connectivity index (χ4v) is 5.64. The lowest BCUT2D eigenvalue weighted by molar-refractivity contribution is -0.129. The second-order valence-corrected chi connectivity index (χ2v) is 9.24. The van der Waals surface area contributed by atoms with Crippen molar-refractivity contribution in [3.8, 4) is 10.8 Å². The molecule has 0 unspecified atom stereocenters. The van der Waals surface area contributed by atoms with Crippen molar-refractivity contribution >= 4 is 33.2 Å². The molecular weight excluding hydrogens is 472 g/mol. The van der Waals surface area contributed by atoms with Gasteiger partial charge in [0.15, 0.2) is 5.78 Å². The lowest BCUT2D eigenvalue weighted by Crippen LogP contribution is -2.44. The Hall–Kier alpha value is -4.06. The number of benzene rings is 1. The van der Waals surface area contributed by atoms with Crippen LogP contribution in [0.1, 0.15) is 28.4 Å². The molecule has 1 aliphatic rings. The number of carbonyl (C=O) groups is 2. The number of carbonyl (C=O) groups excluding carboxylic acids is 2. The smallest absolute Gasteiger partial charge is 0.333 e. The molecule has 11 nitrogen and oxygen atoms in total. The van der Waals surface area contributed by atoms with Gasteiger partial charge >= 0.3 is 5.69 Å². The van der Waals surface area contributed by atoms with E-state index >= 15 is 0 Å². The fourth-order valence-electron chi connectivity index (χ4n) is 4.43. The Balaban J connectivity index is 1.76. The third kappa shape index (κ3) is 3.57. The number of ether oxygens (including phenoxy) is 1. The van der Waals surface area contributed by atoms with Crippen LogP contribution in [0.25, 0.3) is 15.2 Å². The number of methoxy groups -OCH3 is 1. The highest BCUT2D eigenvalue weighted by atomic mass is 32.1. The largest absolute Gasteiger partial charge is 0.496 e. The minimum Gasteiger partial charge on any atom is -0.496 e. The first-order valence-corrected chi connectivity index (χ1v) is 11.7. The summed E-state index contributed by atoms with van der Waals surface area (Å²) in [5.41, 5.74) is -0.392. The molecule has 0 radical (unpaired) electrons. The highest BCUT2D eigenvalue weighted by molar-refractivity contribution is 7.21. The van der Waals surface area contributed by atoms with Gasteiger partial charge in [-0.1, -0.05) is 23.5 Å². The summed E-state index contributed by atoms with van der Waals surface area (Å²) in [6.45, 7) is 1.83. The van der Waals surface area contributed by atoms with Crippen LogP contribution in [-0.4, -0.2) is 61.4 Å². The van der Waals surface area contributed by atoms with Crippen LogP contribution in [0.15, 0.2) is 46.2 Å². The topological polar surface area (TPSA) is 121 Å². The van der Waals surface area contributed by atoms with Crippen molar-refractivity contribution in [3.05, 3.63) is 68.6 Å². The number of Topliss-reactive ketones (excluding diaryl/α,β-unsaturated/α-hetero) is 1. The Morgan fingerprint density at radius 3 is 2.54 bits per heavy atom. The molecule has 35 heavy (non-hydrogen) atoms. The van der Waals surface area contributed by atoms with Crippen molar-refractivity contribution in [2.75, 3.05) is 20.7 Å². The molecule has 1 fully saturated rings. The molecular formula is C23H22N6O5S. The van der Waals surface area contributed by atoms with E-state index in [0.29, 0.717) is 39.7 Å². The third-order valence-electron chi connectivity index (χ3n) is 6.24. The van der Waals surface area contributed by atoms with Gasteiger partial charge in [0.1, 0.15) is 21.6 Å². The maximum atomic E-state index is 13.7. The predicted molar refractivity (Wildman–Crippen MR) is 129 cm³/mol. The van der Waals surface area contributed by atoms with Gasteiger partial charge in [-0.15, -0.1) is 4.80 Å². The molecule has 0 N–H and O–H groups in total. The van der Waals surface area contributed by atoms with Crippen molar-refractivity contribution in [2.24, 2.45) is 0 Å². The summed E-state index contributed by atoms with van der Waals surface area (Å²) < 4.78 is 7.57. The molecule has 1 atom stereocenters. The molecule has 0 aliphatic carbocycles. The zero-order chi connectivity index (χ0) is 24.9. The molecule has 1 amide bonds. The van der Waals surface area contributed by atoms with Gasteiger partial charge in [0.25, 0.3) is 5.56 Å². The van der Waals surface area contributed by atoms with Gasteiger partial charge in [-0.05, 0) is 25.5 Å². The average Bonchev–Trinajstić information content (AvgIpc) is 3.58. The number of likely N-dealkylation sites (N-methyl/N-ethyl adjacent to an activating group) is 1.